The molecule has 6 heteroatoms. The number of aromatic amines is 1. The van der Waals surface area contributed by atoms with Gasteiger partial charge in [0.2, 0.25) is 11.8 Å². The standard InChI is InChI=1S/C20H22N4O2/c25-20(13-8-9-14-12-21-23-16(14)11-13)24-10-4-3-6-17(24)19-22-15-5-1-2-7-18(15)26-19/h1-2,5,7,12-13,17H,3-4,6,8-11H2,(H,21,23). The fourth-order valence-electron chi connectivity index (χ4n) is 4.34. The Labute approximate surface area is 151 Å². The number of rotatable bonds is 2. The quantitative estimate of drug-likeness (QED) is 0.768. The minimum absolute atomic E-state index is 0.0212. The van der Waals surface area contributed by atoms with Crippen molar-refractivity contribution in [2.24, 2.45) is 5.92 Å². The molecule has 2 aliphatic rings. The normalized spacial score (nSPS) is 23.2. The van der Waals surface area contributed by atoms with Crippen LogP contribution in [0, 0.1) is 5.92 Å². The number of nitrogens with one attached hydrogen (secondary N) is 1. The Morgan fingerprint density at radius 3 is 3.08 bits per heavy atom. The molecule has 5 rings (SSSR count). The Kier molecular flexibility index (Phi) is 3.76. The fraction of sp³-hybridized carbons (Fsp3) is 0.450. The Bertz CT molecular complexity index is 911. The van der Waals surface area contributed by atoms with Crippen molar-refractivity contribution in [3.8, 4) is 0 Å². The van der Waals surface area contributed by atoms with Crippen LogP contribution >= 0.6 is 0 Å². The first-order valence-electron chi connectivity index (χ1n) is 9.46. The molecule has 2 unspecified atom stereocenters. The molecule has 3 aromatic rings. The van der Waals surface area contributed by atoms with E-state index in [-0.39, 0.29) is 17.9 Å². The number of benzene rings is 1. The van der Waals surface area contributed by atoms with Gasteiger partial charge < -0.3 is 9.32 Å². The molecule has 1 saturated heterocycles. The Morgan fingerprint density at radius 2 is 2.15 bits per heavy atom. The van der Waals surface area contributed by atoms with Crippen LogP contribution in [0.3, 0.4) is 0 Å². The van der Waals surface area contributed by atoms with Gasteiger partial charge in [-0.15, -0.1) is 0 Å². The zero-order valence-corrected chi connectivity index (χ0v) is 14.6. The average Bonchev–Trinajstić information content (AvgIpc) is 3.33. The summed E-state index contributed by atoms with van der Waals surface area (Å²) in [6.45, 7) is 0.786. The number of nitrogens with zero attached hydrogens (tertiary/aromatic N) is 3. The van der Waals surface area contributed by atoms with Gasteiger partial charge in [0.05, 0.1) is 6.20 Å². The van der Waals surface area contributed by atoms with Gasteiger partial charge in [-0.05, 0) is 49.8 Å². The Balaban J connectivity index is 1.41. The summed E-state index contributed by atoms with van der Waals surface area (Å²) in [5, 5.41) is 7.18. The van der Waals surface area contributed by atoms with Gasteiger partial charge in [0, 0.05) is 24.6 Å². The van der Waals surface area contributed by atoms with Gasteiger partial charge in [-0.2, -0.15) is 5.10 Å². The lowest BCUT2D eigenvalue weighted by Crippen LogP contribution is -2.43. The van der Waals surface area contributed by atoms with Crippen molar-refractivity contribution in [2.75, 3.05) is 6.54 Å². The lowest BCUT2D eigenvalue weighted by atomic mass is 9.86. The number of likely N-dealkylation sites (tertiary alicyclic amines) is 1. The van der Waals surface area contributed by atoms with E-state index in [0.717, 1.165) is 61.9 Å². The second-order valence-corrected chi connectivity index (χ2v) is 7.38. The van der Waals surface area contributed by atoms with Gasteiger partial charge >= 0.3 is 0 Å². The van der Waals surface area contributed by atoms with Crippen molar-refractivity contribution >= 4 is 17.0 Å². The minimum Gasteiger partial charge on any atom is -0.438 e. The van der Waals surface area contributed by atoms with Crippen molar-refractivity contribution < 1.29 is 9.21 Å². The van der Waals surface area contributed by atoms with Crippen LogP contribution in [-0.4, -0.2) is 32.5 Å². The molecule has 0 spiro atoms. The molecule has 6 nitrogen and oxygen atoms in total. The number of para-hydroxylation sites is 2. The number of amides is 1. The summed E-state index contributed by atoms with van der Waals surface area (Å²) in [6.07, 6.45) is 7.52. The number of hydrogen-bond acceptors (Lipinski definition) is 4. The van der Waals surface area contributed by atoms with E-state index in [0.29, 0.717) is 5.89 Å². The van der Waals surface area contributed by atoms with Crippen LogP contribution in [0.5, 0.6) is 0 Å². The number of fused-ring (bicyclic) bond motifs is 2. The third kappa shape index (κ3) is 2.60. The first kappa shape index (κ1) is 15.6. The van der Waals surface area contributed by atoms with Crippen LogP contribution in [0.25, 0.3) is 11.1 Å². The van der Waals surface area contributed by atoms with E-state index >= 15 is 0 Å². The molecule has 0 radical (unpaired) electrons. The van der Waals surface area contributed by atoms with Crippen LogP contribution in [0.4, 0.5) is 0 Å². The predicted octanol–water partition coefficient (Wildman–Crippen LogP) is 3.41. The highest BCUT2D eigenvalue weighted by molar-refractivity contribution is 5.80. The predicted molar refractivity (Wildman–Crippen MR) is 96.4 cm³/mol. The number of carbonyl (C=O) groups excluding carboxylic acids is 1. The SMILES string of the molecule is O=C(C1CCc2cn[nH]c2C1)N1CCCCC1c1nc2ccccc2o1. The second-order valence-electron chi connectivity index (χ2n) is 7.38. The van der Waals surface area contributed by atoms with Gasteiger partial charge in [-0.25, -0.2) is 4.98 Å². The summed E-state index contributed by atoms with van der Waals surface area (Å²) in [6, 6.07) is 7.75. The van der Waals surface area contributed by atoms with Crippen molar-refractivity contribution in [2.45, 2.75) is 44.6 Å². The van der Waals surface area contributed by atoms with Crippen LogP contribution in [0.1, 0.15) is 48.9 Å². The molecular formula is C20H22N4O2. The highest BCUT2D eigenvalue weighted by atomic mass is 16.3. The summed E-state index contributed by atoms with van der Waals surface area (Å²) in [5.41, 5.74) is 4.02. The van der Waals surface area contributed by atoms with Gasteiger partial charge in [0.15, 0.2) is 5.58 Å². The van der Waals surface area contributed by atoms with Crippen molar-refractivity contribution in [3.63, 3.8) is 0 Å². The third-order valence-electron chi connectivity index (χ3n) is 5.75. The molecule has 3 heterocycles. The molecular weight excluding hydrogens is 328 g/mol. The first-order valence-corrected chi connectivity index (χ1v) is 9.46. The van der Waals surface area contributed by atoms with Gasteiger partial charge in [-0.3, -0.25) is 9.89 Å². The van der Waals surface area contributed by atoms with Crippen LogP contribution in [0.2, 0.25) is 0 Å². The molecule has 26 heavy (non-hydrogen) atoms. The van der Waals surface area contributed by atoms with E-state index in [2.05, 4.69) is 15.2 Å². The topological polar surface area (TPSA) is 75.0 Å². The number of carbonyl (C=O) groups is 1. The highest BCUT2D eigenvalue weighted by Crippen LogP contribution is 2.35. The zero-order chi connectivity index (χ0) is 17.5. The Hall–Kier alpha value is -2.63. The Morgan fingerprint density at radius 1 is 1.23 bits per heavy atom. The minimum atomic E-state index is -0.0492. The first-order chi connectivity index (χ1) is 12.8. The summed E-state index contributed by atoms with van der Waals surface area (Å²) in [4.78, 5) is 20.0. The molecule has 2 atom stereocenters. The fourth-order valence-corrected chi connectivity index (χ4v) is 4.34. The van der Waals surface area contributed by atoms with Crippen LogP contribution < -0.4 is 0 Å². The molecule has 1 aromatic carbocycles. The average molecular weight is 350 g/mol. The third-order valence-corrected chi connectivity index (χ3v) is 5.75. The summed E-state index contributed by atoms with van der Waals surface area (Å²) in [7, 11) is 0. The number of piperidine rings is 1. The van der Waals surface area contributed by atoms with E-state index in [1.54, 1.807) is 0 Å². The molecule has 134 valence electrons. The van der Waals surface area contributed by atoms with E-state index in [1.165, 1.54) is 5.56 Å². The molecule has 0 bridgehead atoms. The number of aromatic nitrogens is 3. The lowest BCUT2D eigenvalue weighted by molar-refractivity contribution is -0.140. The molecule has 1 N–H and O–H groups in total. The maximum atomic E-state index is 13.3. The number of oxazole rings is 1. The summed E-state index contributed by atoms with van der Waals surface area (Å²) in [5.74, 6) is 0.933. The molecule has 1 amide bonds. The van der Waals surface area contributed by atoms with E-state index in [1.807, 2.05) is 35.4 Å². The van der Waals surface area contributed by atoms with Crippen molar-refractivity contribution in [3.05, 3.63) is 47.6 Å². The highest BCUT2D eigenvalue weighted by Gasteiger charge is 2.36. The van der Waals surface area contributed by atoms with Gasteiger partial charge in [0.1, 0.15) is 11.6 Å². The monoisotopic (exact) mass is 350 g/mol. The molecule has 1 aliphatic carbocycles. The number of hydrogen-bond donors (Lipinski definition) is 1. The summed E-state index contributed by atoms with van der Waals surface area (Å²) < 4.78 is 6.00. The zero-order valence-electron chi connectivity index (χ0n) is 14.6. The van der Waals surface area contributed by atoms with Crippen LogP contribution in [0.15, 0.2) is 34.9 Å². The largest absolute Gasteiger partial charge is 0.438 e. The van der Waals surface area contributed by atoms with E-state index in [9.17, 15) is 4.79 Å². The number of aryl methyl sites for hydroxylation is 1. The molecule has 1 fully saturated rings. The molecule has 0 saturated carbocycles. The summed E-state index contributed by atoms with van der Waals surface area (Å²) >= 11 is 0. The van der Waals surface area contributed by atoms with Crippen LogP contribution in [-0.2, 0) is 17.6 Å². The lowest BCUT2D eigenvalue weighted by Gasteiger charge is -2.37. The molecule has 2 aromatic heterocycles. The second kappa shape index (κ2) is 6.27. The van der Waals surface area contributed by atoms with Crippen molar-refractivity contribution in [1.82, 2.24) is 20.1 Å². The maximum Gasteiger partial charge on any atom is 0.226 e. The smallest absolute Gasteiger partial charge is 0.226 e. The van der Waals surface area contributed by atoms with E-state index in [4.69, 9.17) is 4.42 Å². The molecule has 1 aliphatic heterocycles. The van der Waals surface area contributed by atoms with E-state index < -0.39 is 0 Å². The number of H-pyrrole nitrogens is 1. The maximum absolute atomic E-state index is 13.3. The van der Waals surface area contributed by atoms with Gasteiger partial charge in [0.25, 0.3) is 0 Å². The van der Waals surface area contributed by atoms with Gasteiger partial charge in [-0.1, -0.05) is 12.1 Å². The van der Waals surface area contributed by atoms with Crippen molar-refractivity contribution in [1.29, 1.82) is 0 Å².